The van der Waals surface area contributed by atoms with Crippen LogP contribution in [0.25, 0.3) is 0 Å². The molecule has 0 aliphatic rings. The first kappa shape index (κ1) is 10.4. The minimum atomic E-state index is -0.446. The number of halogens is 1. The quantitative estimate of drug-likeness (QED) is 0.623. The Morgan fingerprint density at radius 3 is 2.55 bits per heavy atom. The van der Waals surface area contributed by atoms with Crippen molar-refractivity contribution < 1.29 is 9.50 Å². The van der Waals surface area contributed by atoms with Crippen LogP contribution in [-0.4, -0.2) is 11.7 Å². The molecule has 0 rings (SSSR count). The zero-order valence-electron chi connectivity index (χ0n) is 7.10. The molecule has 0 bridgehead atoms. The predicted octanol–water partition coefficient (Wildman–Crippen LogP) is 2.43. The summed E-state index contributed by atoms with van der Waals surface area (Å²) >= 11 is 0. The summed E-state index contributed by atoms with van der Waals surface area (Å²) in [6, 6.07) is 0. The number of allylic oxidation sites excluding steroid dienone is 2. The van der Waals surface area contributed by atoms with E-state index in [0.29, 0.717) is 6.42 Å². The van der Waals surface area contributed by atoms with Gasteiger partial charge in [-0.1, -0.05) is 20.4 Å². The average Bonchev–Trinajstić information content (AvgIpc) is 2.04. The number of aliphatic hydroxyl groups is 1. The fourth-order valence-corrected chi connectivity index (χ4v) is 0.651. The minimum absolute atomic E-state index is 0.0369. The smallest absolute Gasteiger partial charge is 0.119 e. The van der Waals surface area contributed by atoms with Crippen LogP contribution in [0.4, 0.5) is 4.39 Å². The lowest BCUT2D eigenvalue weighted by molar-refractivity contribution is 0.178. The molecule has 0 saturated carbocycles. The van der Waals surface area contributed by atoms with Crippen LogP contribution >= 0.6 is 0 Å². The Kier molecular flexibility index (Phi) is 4.04. The van der Waals surface area contributed by atoms with Gasteiger partial charge in [0.2, 0.25) is 0 Å². The third kappa shape index (κ3) is 3.33. The molecule has 0 unspecified atom stereocenters. The molecule has 1 N–H and O–H groups in total. The Labute approximate surface area is 67.2 Å². The molecule has 0 heterocycles. The van der Waals surface area contributed by atoms with Crippen molar-refractivity contribution in [3.63, 3.8) is 0 Å². The van der Waals surface area contributed by atoms with Crippen LogP contribution in [-0.2, 0) is 0 Å². The van der Waals surface area contributed by atoms with Crippen LogP contribution < -0.4 is 0 Å². The minimum Gasteiger partial charge on any atom is -0.395 e. The van der Waals surface area contributed by atoms with Gasteiger partial charge in [-0.3, -0.25) is 0 Å². The van der Waals surface area contributed by atoms with Gasteiger partial charge in [-0.05, 0) is 18.6 Å². The topological polar surface area (TPSA) is 20.2 Å². The van der Waals surface area contributed by atoms with Gasteiger partial charge in [-0.2, -0.15) is 0 Å². The van der Waals surface area contributed by atoms with Crippen molar-refractivity contribution in [2.24, 2.45) is 5.41 Å². The van der Waals surface area contributed by atoms with Gasteiger partial charge >= 0.3 is 0 Å². The number of hydrogen-bond donors (Lipinski definition) is 1. The van der Waals surface area contributed by atoms with Crippen LogP contribution in [0.15, 0.2) is 24.6 Å². The molecule has 1 atom stereocenters. The third-order valence-electron chi connectivity index (χ3n) is 1.85. The van der Waals surface area contributed by atoms with E-state index in [-0.39, 0.29) is 12.4 Å². The monoisotopic (exact) mass is 158 g/mol. The number of rotatable bonds is 4. The maximum absolute atomic E-state index is 12.6. The van der Waals surface area contributed by atoms with Crippen molar-refractivity contribution >= 4 is 0 Å². The summed E-state index contributed by atoms with van der Waals surface area (Å²) in [6.45, 7) is 6.96. The van der Waals surface area contributed by atoms with E-state index in [1.807, 2.05) is 6.92 Å². The molecule has 0 saturated heterocycles. The van der Waals surface area contributed by atoms with Gasteiger partial charge in [-0.15, -0.1) is 0 Å². The first-order chi connectivity index (χ1) is 5.08. The third-order valence-corrected chi connectivity index (χ3v) is 1.85. The van der Waals surface area contributed by atoms with E-state index in [1.54, 1.807) is 6.92 Å². The summed E-state index contributed by atoms with van der Waals surface area (Å²) in [5, 5.41) is 8.88. The first-order valence-electron chi connectivity index (χ1n) is 3.69. The second-order valence-electron chi connectivity index (χ2n) is 2.90. The summed E-state index contributed by atoms with van der Waals surface area (Å²) in [4.78, 5) is 0. The Morgan fingerprint density at radius 1 is 1.73 bits per heavy atom. The maximum atomic E-state index is 12.6. The van der Waals surface area contributed by atoms with Gasteiger partial charge in [0.25, 0.3) is 0 Å². The van der Waals surface area contributed by atoms with E-state index in [0.717, 1.165) is 6.08 Å². The van der Waals surface area contributed by atoms with Crippen LogP contribution in [0.2, 0.25) is 0 Å². The van der Waals surface area contributed by atoms with E-state index in [1.165, 1.54) is 6.08 Å². The van der Waals surface area contributed by atoms with Crippen LogP contribution in [0, 0.1) is 5.41 Å². The van der Waals surface area contributed by atoms with Gasteiger partial charge in [0, 0.05) is 5.41 Å². The Bertz CT molecular complexity index is 157. The van der Waals surface area contributed by atoms with Crippen molar-refractivity contribution in [2.45, 2.75) is 20.3 Å². The summed E-state index contributed by atoms with van der Waals surface area (Å²) in [5.74, 6) is -0.372. The lowest BCUT2D eigenvalue weighted by Crippen LogP contribution is -2.17. The van der Waals surface area contributed by atoms with Crippen LogP contribution in [0.3, 0.4) is 0 Å². The SMILES string of the molecule is C=C/C(F)=C\[C@@](C)(CC)CO. The van der Waals surface area contributed by atoms with E-state index >= 15 is 0 Å². The molecular formula is C9H15FO. The molecule has 0 aliphatic carbocycles. The Morgan fingerprint density at radius 2 is 2.27 bits per heavy atom. The molecule has 0 aromatic carbocycles. The Balaban J connectivity index is 4.39. The van der Waals surface area contributed by atoms with Gasteiger partial charge in [0.1, 0.15) is 5.83 Å². The molecule has 0 fully saturated rings. The van der Waals surface area contributed by atoms with Gasteiger partial charge in [-0.25, -0.2) is 4.39 Å². The zero-order valence-corrected chi connectivity index (χ0v) is 7.10. The number of hydrogen-bond acceptors (Lipinski definition) is 1. The molecule has 11 heavy (non-hydrogen) atoms. The molecule has 0 spiro atoms. The lowest BCUT2D eigenvalue weighted by atomic mass is 9.88. The highest BCUT2D eigenvalue weighted by Gasteiger charge is 2.18. The fraction of sp³-hybridized carbons (Fsp3) is 0.556. The van der Waals surface area contributed by atoms with Crippen molar-refractivity contribution in [1.29, 1.82) is 0 Å². The largest absolute Gasteiger partial charge is 0.395 e. The zero-order chi connectivity index (χ0) is 8.91. The van der Waals surface area contributed by atoms with Crippen molar-refractivity contribution in [2.75, 3.05) is 6.61 Å². The standard InChI is InChI=1S/C9H15FO/c1-4-8(10)6-9(3,5-2)7-11/h4,6,11H,1,5,7H2,2-3H3/b8-6+/t9-/m1/s1. The molecule has 0 aromatic rings. The highest BCUT2D eigenvalue weighted by Crippen LogP contribution is 2.24. The second kappa shape index (κ2) is 4.29. The molecule has 64 valence electrons. The van der Waals surface area contributed by atoms with Gasteiger partial charge < -0.3 is 5.11 Å². The molecule has 0 aliphatic heterocycles. The molecular weight excluding hydrogens is 143 g/mol. The summed E-state index contributed by atoms with van der Waals surface area (Å²) in [6.07, 6.45) is 3.26. The molecule has 0 radical (unpaired) electrons. The van der Waals surface area contributed by atoms with Gasteiger partial charge in [0.15, 0.2) is 0 Å². The summed E-state index contributed by atoms with van der Waals surface area (Å²) < 4.78 is 12.6. The maximum Gasteiger partial charge on any atom is 0.119 e. The highest BCUT2D eigenvalue weighted by atomic mass is 19.1. The van der Waals surface area contributed by atoms with Crippen molar-refractivity contribution in [3.8, 4) is 0 Å². The summed E-state index contributed by atoms with van der Waals surface area (Å²) in [5.41, 5.74) is -0.446. The second-order valence-corrected chi connectivity index (χ2v) is 2.90. The average molecular weight is 158 g/mol. The van der Waals surface area contributed by atoms with E-state index in [2.05, 4.69) is 6.58 Å². The van der Waals surface area contributed by atoms with E-state index in [4.69, 9.17) is 5.11 Å². The van der Waals surface area contributed by atoms with Crippen molar-refractivity contribution in [1.82, 2.24) is 0 Å². The first-order valence-corrected chi connectivity index (χ1v) is 3.69. The predicted molar refractivity (Wildman–Crippen MR) is 44.9 cm³/mol. The van der Waals surface area contributed by atoms with Crippen LogP contribution in [0.5, 0.6) is 0 Å². The van der Waals surface area contributed by atoms with E-state index in [9.17, 15) is 4.39 Å². The fourth-order valence-electron chi connectivity index (χ4n) is 0.651. The van der Waals surface area contributed by atoms with Crippen LogP contribution in [0.1, 0.15) is 20.3 Å². The van der Waals surface area contributed by atoms with Crippen molar-refractivity contribution in [3.05, 3.63) is 24.6 Å². The van der Waals surface area contributed by atoms with E-state index < -0.39 is 5.41 Å². The molecule has 2 heteroatoms. The Hall–Kier alpha value is -0.630. The number of aliphatic hydroxyl groups excluding tert-OH is 1. The molecule has 1 nitrogen and oxygen atoms in total. The molecule has 0 aromatic heterocycles. The normalized spacial score (nSPS) is 17.6. The lowest BCUT2D eigenvalue weighted by Gasteiger charge is -2.20. The molecule has 0 amide bonds. The van der Waals surface area contributed by atoms with Gasteiger partial charge in [0.05, 0.1) is 6.61 Å². The summed E-state index contributed by atoms with van der Waals surface area (Å²) in [7, 11) is 0. The highest BCUT2D eigenvalue weighted by molar-refractivity contribution is 5.12.